The molecular weight excluding hydrogens is 388 g/mol. The minimum Gasteiger partial charge on any atom is -0.450 e. The Labute approximate surface area is 173 Å². The van der Waals surface area contributed by atoms with E-state index in [0.717, 1.165) is 34.4 Å². The van der Waals surface area contributed by atoms with Crippen molar-refractivity contribution in [2.24, 2.45) is 0 Å². The maximum absolute atomic E-state index is 12.8. The van der Waals surface area contributed by atoms with Gasteiger partial charge in [-0.2, -0.15) is 5.10 Å². The van der Waals surface area contributed by atoms with Crippen LogP contribution in [0.4, 0.5) is 4.79 Å². The number of thiophene rings is 1. The average Bonchev–Trinajstić information content (AvgIpc) is 3.30. The molecule has 4 rings (SSSR count). The Bertz CT molecular complexity index is 1020. The molecule has 1 aromatic carbocycles. The minimum absolute atomic E-state index is 0.0603. The number of hydrogen-bond donors (Lipinski definition) is 1. The summed E-state index contributed by atoms with van der Waals surface area (Å²) in [5.41, 5.74) is 1.88. The lowest BCUT2D eigenvalue weighted by atomic mass is 10.1. The largest absolute Gasteiger partial charge is 0.450 e. The van der Waals surface area contributed by atoms with Crippen LogP contribution in [0.3, 0.4) is 0 Å². The Morgan fingerprint density at radius 1 is 1.24 bits per heavy atom. The van der Waals surface area contributed by atoms with Gasteiger partial charge in [0, 0.05) is 24.5 Å². The number of fused-ring (bicyclic) bond motifs is 1. The fourth-order valence-electron chi connectivity index (χ4n) is 3.58. The van der Waals surface area contributed by atoms with Crippen molar-refractivity contribution in [3.8, 4) is 5.69 Å². The third kappa shape index (κ3) is 3.98. The number of likely N-dealkylation sites (tertiary alicyclic amines) is 1. The van der Waals surface area contributed by atoms with Crippen molar-refractivity contribution in [3.05, 3.63) is 47.0 Å². The summed E-state index contributed by atoms with van der Waals surface area (Å²) >= 11 is 1.45. The number of amides is 2. The standard InChI is InChI=1S/C21H24N4O3S/c1-3-28-21(27)24-11-9-15(10-12-24)22-19(26)18-13-17-14(2)23-25(20(17)29-18)16-7-5-4-6-8-16/h4-8,13,15H,3,9-12H2,1-2H3,(H,22,26). The average molecular weight is 413 g/mol. The second kappa shape index (κ2) is 8.24. The van der Waals surface area contributed by atoms with E-state index in [1.807, 2.05) is 48.0 Å². The predicted molar refractivity (Wildman–Crippen MR) is 113 cm³/mol. The molecule has 2 aromatic heterocycles. The normalized spacial score (nSPS) is 14.9. The van der Waals surface area contributed by atoms with Crippen molar-refractivity contribution < 1.29 is 14.3 Å². The molecule has 8 heteroatoms. The number of nitrogens with one attached hydrogen (secondary N) is 1. The van der Waals surface area contributed by atoms with Crippen LogP contribution >= 0.6 is 11.3 Å². The molecule has 7 nitrogen and oxygen atoms in total. The van der Waals surface area contributed by atoms with Crippen LogP contribution in [0.15, 0.2) is 36.4 Å². The lowest BCUT2D eigenvalue weighted by Crippen LogP contribution is -2.46. The molecule has 2 amide bonds. The zero-order valence-corrected chi connectivity index (χ0v) is 17.4. The first-order valence-corrected chi connectivity index (χ1v) is 10.7. The smallest absolute Gasteiger partial charge is 0.409 e. The van der Waals surface area contributed by atoms with Gasteiger partial charge in [-0.3, -0.25) is 4.79 Å². The van der Waals surface area contributed by atoms with E-state index in [1.165, 1.54) is 11.3 Å². The van der Waals surface area contributed by atoms with E-state index in [4.69, 9.17) is 4.74 Å². The van der Waals surface area contributed by atoms with Crippen LogP contribution in [0, 0.1) is 6.92 Å². The van der Waals surface area contributed by atoms with Gasteiger partial charge in [-0.1, -0.05) is 18.2 Å². The Morgan fingerprint density at radius 3 is 2.66 bits per heavy atom. The lowest BCUT2D eigenvalue weighted by Gasteiger charge is -2.31. The van der Waals surface area contributed by atoms with Gasteiger partial charge < -0.3 is 15.0 Å². The summed E-state index contributed by atoms with van der Waals surface area (Å²) in [6, 6.07) is 11.9. The Balaban J connectivity index is 1.45. The number of hydrogen-bond acceptors (Lipinski definition) is 5. The van der Waals surface area contributed by atoms with Crippen LogP contribution in [0.25, 0.3) is 15.9 Å². The van der Waals surface area contributed by atoms with E-state index < -0.39 is 0 Å². The van der Waals surface area contributed by atoms with Crippen LogP contribution in [0.1, 0.15) is 35.1 Å². The molecule has 1 aliphatic heterocycles. The first kappa shape index (κ1) is 19.4. The predicted octanol–water partition coefficient (Wildman–Crippen LogP) is 3.75. The minimum atomic E-state index is -0.275. The third-order valence-electron chi connectivity index (χ3n) is 5.13. The molecule has 0 bridgehead atoms. The van der Waals surface area contributed by atoms with Gasteiger partial charge in [0.05, 0.1) is 22.9 Å². The SMILES string of the molecule is CCOC(=O)N1CCC(NC(=O)c2cc3c(C)nn(-c4ccccc4)c3s2)CC1. The van der Waals surface area contributed by atoms with Gasteiger partial charge in [0.25, 0.3) is 5.91 Å². The monoisotopic (exact) mass is 412 g/mol. The van der Waals surface area contributed by atoms with Gasteiger partial charge in [-0.15, -0.1) is 11.3 Å². The van der Waals surface area contributed by atoms with Crippen molar-refractivity contribution in [2.75, 3.05) is 19.7 Å². The number of benzene rings is 1. The van der Waals surface area contributed by atoms with E-state index in [0.29, 0.717) is 24.6 Å². The fourth-order valence-corrected chi connectivity index (χ4v) is 4.67. The molecule has 1 N–H and O–H groups in total. The number of para-hydroxylation sites is 1. The highest BCUT2D eigenvalue weighted by Crippen LogP contribution is 2.30. The van der Waals surface area contributed by atoms with Crippen LogP contribution < -0.4 is 5.32 Å². The topological polar surface area (TPSA) is 76.5 Å². The quantitative estimate of drug-likeness (QED) is 0.708. The summed E-state index contributed by atoms with van der Waals surface area (Å²) in [7, 11) is 0. The molecule has 0 saturated carbocycles. The molecular formula is C21H24N4O3S. The van der Waals surface area contributed by atoms with Gasteiger partial charge in [-0.25, -0.2) is 9.48 Å². The fraction of sp³-hybridized carbons (Fsp3) is 0.381. The lowest BCUT2D eigenvalue weighted by molar-refractivity contribution is 0.0863. The highest BCUT2D eigenvalue weighted by Gasteiger charge is 2.26. The van der Waals surface area contributed by atoms with Crippen molar-refractivity contribution in [1.82, 2.24) is 20.0 Å². The van der Waals surface area contributed by atoms with Gasteiger partial charge in [0.15, 0.2) is 0 Å². The summed E-state index contributed by atoms with van der Waals surface area (Å²) in [4.78, 5) is 28.0. The number of nitrogens with zero attached hydrogens (tertiary/aromatic N) is 3. The van der Waals surface area contributed by atoms with Gasteiger partial charge in [0.2, 0.25) is 0 Å². The number of rotatable bonds is 4. The number of piperidine rings is 1. The molecule has 0 aliphatic carbocycles. The zero-order chi connectivity index (χ0) is 20.4. The molecule has 1 aliphatic rings. The van der Waals surface area contributed by atoms with Crippen LogP contribution in [0.2, 0.25) is 0 Å². The second-order valence-electron chi connectivity index (χ2n) is 7.10. The highest BCUT2D eigenvalue weighted by molar-refractivity contribution is 7.20. The summed E-state index contributed by atoms with van der Waals surface area (Å²) in [5, 5.41) is 8.74. The third-order valence-corrected chi connectivity index (χ3v) is 6.23. The van der Waals surface area contributed by atoms with E-state index >= 15 is 0 Å². The molecule has 152 valence electrons. The van der Waals surface area contributed by atoms with Crippen molar-refractivity contribution in [2.45, 2.75) is 32.7 Å². The van der Waals surface area contributed by atoms with Crippen LogP contribution in [0.5, 0.6) is 0 Å². The first-order chi connectivity index (χ1) is 14.1. The summed E-state index contributed by atoms with van der Waals surface area (Å²) in [5.74, 6) is -0.0696. The van der Waals surface area contributed by atoms with E-state index in [-0.39, 0.29) is 18.0 Å². The van der Waals surface area contributed by atoms with E-state index in [9.17, 15) is 9.59 Å². The molecule has 0 spiro atoms. The van der Waals surface area contributed by atoms with E-state index in [2.05, 4.69) is 10.4 Å². The summed E-state index contributed by atoms with van der Waals surface area (Å²) in [6.07, 6.45) is 1.18. The first-order valence-electron chi connectivity index (χ1n) is 9.84. The molecule has 0 radical (unpaired) electrons. The summed E-state index contributed by atoms with van der Waals surface area (Å²) < 4.78 is 6.94. The Hall–Kier alpha value is -2.87. The second-order valence-corrected chi connectivity index (χ2v) is 8.13. The molecule has 1 fully saturated rings. The molecule has 3 aromatic rings. The highest BCUT2D eigenvalue weighted by atomic mass is 32.1. The van der Waals surface area contributed by atoms with E-state index in [1.54, 1.807) is 11.8 Å². The molecule has 0 unspecified atom stereocenters. The maximum atomic E-state index is 12.8. The zero-order valence-electron chi connectivity index (χ0n) is 16.6. The number of carbonyl (C=O) groups is 2. The Kier molecular flexibility index (Phi) is 5.53. The van der Waals surface area contributed by atoms with Crippen molar-refractivity contribution >= 4 is 33.6 Å². The maximum Gasteiger partial charge on any atom is 0.409 e. The number of aryl methyl sites for hydroxylation is 1. The number of carbonyl (C=O) groups excluding carboxylic acids is 2. The summed E-state index contributed by atoms with van der Waals surface area (Å²) in [6.45, 7) is 5.33. The van der Waals surface area contributed by atoms with Crippen molar-refractivity contribution in [1.29, 1.82) is 0 Å². The number of ether oxygens (including phenoxy) is 1. The van der Waals surface area contributed by atoms with Gasteiger partial charge >= 0.3 is 6.09 Å². The van der Waals surface area contributed by atoms with Crippen LogP contribution in [-0.2, 0) is 4.74 Å². The van der Waals surface area contributed by atoms with Gasteiger partial charge in [-0.05, 0) is 44.9 Å². The Morgan fingerprint density at radius 2 is 1.97 bits per heavy atom. The van der Waals surface area contributed by atoms with Crippen molar-refractivity contribution in [3.63, 3.8) is 0 Å². The molecule has 0 atom stereocenters. The van der Waals surface area contributed by atoms with Gasteiger partial charge in [0.1, 0.15) is 4.83 Å². The molecule has 1 saturated heterocycles. The molecule has 29 heavy (non-hydrogen) atoms. The molecule has 3 heterocycles. The number of aromatic nitrogens is 2. The van der Waals surface area contributed by atoms with Crippen LogP contribution in [-0.4, -0.2) is 52.4 Å².